The predicted molar refractivity (Wildman–Crippen MR) is 149 cm³/mol. The predicted octanol–water partition coefficient (Wildman–Crippen LogP) is 5.98. The molecular formula is C30H27N5O2. The van der Waals surface area contributed by atoms with Crippen molar-refractivity contribution in [2.75, 3.05) is 13.1 Å². The Morgan fingerprint density at radius 1 is 0.919 bits per heavy atom. The Hall–Kier alpha value is -4.49. The fraction of sp³-hybridized carbons (Fsp3) is 0.167. The van der Waals surface area contributed by atoms with Gasteiger partial charge in [-0.15, -0.1) is 0 Å². The third-order valence-corrected chi connectivity index (χ3v) is 7.08. The van der Waals surface area contributed by atoms with Crippen molar-refractivity contribution in [3.05, 3.63) is 118 Å². The van der Waals surface area contributed by atoms with Crippen LogP contribution in [0.4, 0.5) is 5.69 Å². The number of rotatable bonds is 2. The first-order valence-electron chi connectivity index (χ1n) is 12.5. The molecule has 0 amide bonds. The maximum Gasteiger partial charge on any atom is 0.269 e. The highest BCUT2D eigenvalue weighted by atomic mass is 16.6. The molecule has 37 heavy (non-hydrogen) atoms. The van der Waals surface area contributed by atoms with Crippen LogP contribution in [0.15, 0.2) is 96.1 Å². The topological polar surface area (TPSA) is 77.4 Å². The lowest BCUT2D eigenvalue weighted by Gasteiger charge is -2.16. The second-order valence-corrected chi connectivity index (χ2v) is 9.29. The van der Waals surface area contributed by atoms with Gasteiger partial charge in [0.1, 0.15) is 0 Å². The summed E-state index contributed by atoms with van der Waals surface area (Å²) in [4.78, 5) is 14.9. The van der Waals surface area contributed by atoms with Gasteiger partial charge in [-0.25, -0.2) is 0 Å². The monoisotopic (exact) mass is 489 g/mol. The van der Waals surface area contributed by atoms with Crippen molar-refractivity contribution in [1.29, 1.82) is 0 Å². The molecule has 7 nitrogen and oxygen atoms in total. The van der Waals surface area contributed by atoms with E-state index in [1.165, 1.54) is 33.2 Å². The van der Waals surface area contributed by atoms with E-state index >= 15 is 0 Å². The number of fused-ring (bicyclic) bond motifs is 6. The first-order valence-corrected chi connectivity index (χ1v) is 12.5. The number of non-ortho nitro benzene ring substituents is 1. The average molecular weight is 490 g/mol. The van der Waals surface area contributed by atoms with Gasteiger partial charge in [-0.1, -0.05) is 48.5 Å². The molecule has 1 unspecified atom stereocenters. The quantitative estimate of drug-likeness (QED) is 0.245. The number of nitrogens with zero attached hydrogens (tertiary/aromatic N) is 4. The van der Waals surface area contributed by atoms with E-state index in [0.717, 1.165) is 31.6 Å². The number of para-hydroxylation sites is 2. The van der Waals surface area contributed by atoms with E-state index in [2.05, 4.69) is 74.0 Å². The molecule has 0 bridgehead atoms. The minimum Gasteiger partial charge on any atom is -0.343 e. The summed E-state index contributed by atoms with van der Waals surface area (Å²) in [7, 11) is 0. The van der Waals surface area contributed by atoms with E-state index in [9.17, 15) is 10.1 Å². The molecule has 2 aliphatic rings. The highest BCUT2D eigenvalue weighted by Gasteiger charge is 2.23. The summed E-state index contributed by atoms with van der Waals surface area (Å²) in [5.74, 6) is 0.116. The smallest absolute Gasteiger partial charge is 0.269 e. The van der Waals surface area contributed by atoms with Crippen LogP contribution in [0.2, 0.25) is 0 Å². The summed E-state index contributed by atoms with van der Waals surface area (Å²) < 4.78 is 4.53. The molecule has 0 aliphatic carbocycles. The summed E-state index contributed by atoms with van der Waals surface area (Å²) in [6, 6.07) is 28.2. The van der Waals surface area contributed by atoms with E-state index in [1.54, 1.807) is 18.2 Å². The highest BCUT2D eigenvalue weighted by molar-refractivity contribution is 5.85. The minimum absolute atomic E-state index is 0.116. The Morgan fingerprint density at radius 3 is 2.54 bits per heavy atom. The van der Waals surface area contributed by atoms with Crippen LogP contribution in [-0.2, 0) is 13.0 Å². The van der Waals surface area contributed by atoms with Crippen molar-refractivity contribution in [3.63, 3.8) is 0 Å². The first kappa shape index (κ1) is 22.9. The Bertz CT molecular complexity index is 1660. The zero-order valence-electron chi connectivity index (χ0n) is 20.3. The lowest BCUT2D eigenvalue weighted by Crippen LogP contribution is -2.21. The molecule has 184 valence electrons. The van der Waals surface area contributed by atoms with Gasteiger partial charge < -0.3 is 14.5 Å². The maximum atomic E-state index is 11.1. The number of nitro benzene ring substituents is 1. The Morgan fingerprint density at radius 2 is 1.70 bits per heavy atom. The fourth-order valence-corrected chi connectivity index (χ4v) is 5.33. The number of hydrogen-bond acceptors (Lipinski definition) is 4. The van der Waals surface area contributed by atoms with Crippen LogP contribution in [0.5, 0.6) is 0 Å². The van der Waals surface area contributed by atoms with Crippen LogP contribution in [-0.4, -0.2) is 33.4 Å². The first-order chi connectivity index (χ1) is 18.2. The van der Waals surface area contributed by atoms with Gasteiger partial charge in [0.05, 0.1) is 10.4 Å². The van der Waals surface area contributed by atoms with Crippen molar-refractivity contribution in [1.82, 2.24) is 14.5 Å². The lowest BCUT2D eigenvalue weighted by atomic mass is 9.95. The molecule has 1 N–H and O–H groups in total. The van der Waals surface area contributed by atoms with Gasteiger partial charge >= 0.3 is 0 Å². The molecule has 0 radical (unpaired) electrons. The molecular weight excluding hydrogens is 462 g/mol. The van der Waals surface area contributed by atoms with Crippen molar-refractivity contribution in [3.8, 4) is 0 Å². The van der Waals surface area contributed by atoms with Crippen LogP contribution in [0.3, 0.4) is 0 Å². The lowest BCUT2D eigenvalue weighted by molar-refractivity contribution is -0.384. The summed E-state index contributed by atoms with van der Waals surface area (Å²) >= 11 is 0. The van der Waals surface area contributed by atoms with Gasteiger partial charge in [0.15, 0.2) is 0 Å². The van der Waals surface area contributed by atoms with E-state index in [-0.39, 0.29) is 16.5 Å². The summed E-state index contributed by atoms with van der Waals surface area (Å²) in [5, 5.41) is 17.0. The number of aliphatic imine (C=N–C) groups is 1. The number of hydrogen-bond donors (Lipinski definition) is 1. The molecule has 2 aliphatic heterocycles. The largest absolute Gasteiger partial charge is 0.343 e. The normalized spacial score (nSPS) is 16.4. The minimum atomic E-state index is -0.330. The number of benzene rings is 3. The molecule has 2 aromatic heterocycles. The molecule has 3 aromatic carbocycles. The van der Waals surface area contributed by atoms with Gasteiger partial charge in [-0.2, -0.15) is 0 Å². The number of aromatic nitrogens is 2. The van der Waals surface area contributed by atoms with Gasteiger partial charge in [0.25, 0.3) is 5.69 Å². The van der Waals surface area contributed by atoms with Crippen LogP contribution in [0, 0.1) is 10.1 Å². The number of nitro groups is 1. The SMILES string of the molecule is C1=Cn2c(cc3ccccc32)CC=N1.O=[N+]([O-])c1cccc(C2CNCCn3c2cc2ccccc23)c1. The third kappa shape index (κ3) is 4.45. The van der Waals surface area contributed by atoms with Gasteiger partial charge in [0, 0.05) is 85.0 Å². The molecule has 5 aromatic rings. The zero-order chi connectivity index (χ0) is 25.2. The second-order valence-electron chi connectivity index (χ2n) is 9.29. The third-order valence-electron chi connectivity index (χ3n) is 7.08. The second kappa shape index (κ2) is 9.87. The van der Waals surface area contributed by atoms with Gasteiger partial charge in [-0.05, 0) is 35.2 Å². The number of nitrogens with one attached hydrogen (secondary N) is 1. The summed E-state index contributed by atoms with van der Waals surface area (Å²) in [6.07, 6.45) is 6.69. The van der Waals surface area contributed by atoms with Crippen LogP contribution in [0.1, 0.15) is 22.9 Å². The van der Waals surface area contributed by atoms with E-state index < -0.39 is 0 Å². The zero-order valence-corrected chi connectivity index (χ0v) is 20.3. The fourth-order valence-electron chi connectivity index (χ4n) is 5.33. The molecule has 0 fully saturated rings. The molecule has 7 heteroatoms. The molecule has 7 rings (SSSR count). The molecule has 0 saturated heterocycles. The summed E-state index contributed by atoms with van der Waals surface area (Å²) in [5.41, 5.74) is 6.12. The highest BCUT2D eigenvalue weighted by Crippen LogP contribution is 2.32. The van der Waals surface area contributed by atoms with Crippen molar-refractivity contribution >= 4 is 39.9 Å². The molecule has 0 saturated carbocycles. The average Bonchev–Trinajstić information content (AvgIpc) is 3.26. The van der Waals surface area contributed by atoms with E-state index in [0.29, 0.717) is 0 Å². The van der Waals surface area contributed by atoms with Crippen LogP contribution in [0.25, 0.3) is 28.0 Å². The molecule has 1 atom stereocenters. The Kier molecular flexibility index (Phi) is 6.12. The van der Waals surface area contributed by atoms with Gasteiger partial charge in [0.2, 0.25) is 0 Å². The standard InChI is InChI=1S/C18H17N3O2.C12H10N2/c22-21(23)15-6-3-5-13(10-15)16-12-19-8-9-20-17-7-2-1-4-14(17)11-18(16)20;1-2-4-12-10(3-1)9-11-5-6-13-7-8-14(11)12/h1-7,10-11,16,19H,8-9,12H2;1-4,6-9H,5H2. The van der Waals surface area contributed by atoms with Crippen molar-refractivity contribution < 1.29 is 4.92 Å². The molecule has 4 heterocycles. The Balaban J connectivity index is 0.000000153. The van der Waals surface area contributed by atoms with Crippen molar-refractivity contribution in [2.24, 2.45) is 4.99 Å². The van der Waals surface area contributed by atoms with Crippen molar-refractivity contribution in [2.45, 2.75) is 18.9 Å². The molecule has 0 spiro atoms. The summed E-state index contributed by atoms with van der Waals surface area (Å²) in [6.45, 7) is 2.60. The maximum absolute atomic E-state index is 11.1. The van der Waals surface area contributed by atoms with Crippen LogP contribution < -0.4 is 5.32 Å². The van der Waals surface area contributed by atoms with Crippen LogP contribution >= 0.6 is 0 Å². The van der Waals surface area contributed by atoms with Gasteiger partial charge in [-0.3, -0.25) is 15.1 Å². The van der Waals surface area contributed by atoms with E-state index in [4.69, 9.17) is 0 Å². The van der Waals surface area contributed by atoms with E-state index in [1.807, 2.05) is 30.7 Å². The Labute approximate surface area is 214 Å².